The maximum absolute atomic E-state index is 11.0. The van der Waals surface area contributed by atoms with Gasteiger partial charge in [0.1, 0.15) is 6.29 Å². The van der Waals surface area contributed by atoms with Crippen LogP contribution in [0.25, 0.3) is 0 Å². The fourth-order valence-corrected chi connectivity index (χ4v) is 3.37. The molecule has 1 saturated carbocycles. The van der Waals surface area contributed by atoms with E-state index in [1.807, 2.05) is 0 Å². The number of hydrogen-bond donors (Lipinski definition) is 0. The molecule has 1 aliphatic heterocycles. The van der Waals surface area contributed by atoms with E-state index in [9.17, 15) is 4.79 Å². The van der Waals surface area contributed by atoms with Crippen molar-refractivity contribution in [3.63, 3.8) is 0 Å². The summed E-state index contributed by atoms with van der Waals surface area (Å²) in [6.45, 7) is 6.27. The number of carbonyl (C=O) groups excluding carboxylic acids is 1. The summed E-state index contributed by atoms with van der Waals surface area (Å²) in [4.78, 5) is 13.6. The molecule has 1 heterocycles. The molecule has 2 aliphatic rings. The van der Waals surface area contributed by atoms with Gasteiger partial charge in [0.05, 0.1) is 0 Å². The summed E-state index contributed by atoms with van der Waals surface area (Å²) in [5.41, 5.74) is 0.320. The molecule has 0 amide bonds. The van der Waals surface area contributed by atoms with Crippen molar-refractivity contribution in [2.24, 2.45) is 5.41 Å². The van der Waals surface area contributed by atoms with E-state index in [4.69, 9.17) is 0 Å². The third kappa shape index (κ3) is 2.10. The normalized spacial score (nSPS) is 26.3. The average Bonchev–Trinajstić information content (AvgIpc) is 2.79. The lowest BCUT2D eigenvalue weighted by Crippen LogP contribution is -2.46. The third-order valence-corrected chi connectivity index (χ3v) is 4.19. The zero-order valence-electron chi connectivity index (χ0n) is 10.1. The van der Waals surface area contributed by atoms with Gasteiger partial charge in [-0.05, 0) is 32.2 Å². The first-order chi connectivity index (χ1) is 7.08. The van der Waals surface area contributed by atoms with Gasteiger partial charge < -0.3 is 4.79 Å². The molecule has 1 aliphatic carbocycles. The van der Waals surface area contributed by atoms with Crippen LogP contribution in [-0.2, 0) is 4.79 Å². The first-order valence-electron chi connectivity index (χ1n) is 6.29. The molecule has 0 unspecified atom stereocenters. The van der Waals surface area contributed by atoms with Crippen LogP contribution in [-0.4, -0.2) is 29.8 Å². The van der Waals surface area contributed by atoms with Crippen LogP contribution in [0, 0.1) is 5.41 Å². The van der Waals surface area contributed by atoms with Crippen molar-refractivity contribution in [3.8, 4) is 0 Å². The standard InChI is InChI=1S/C13H23NO/c1-12(2,11-15)10-14-9-5-8-13(14)6-3-4-7-13/h11H,3-10H2,1-2H3. The zero-order valence-corrected chi connectivity index (χ0v) is 10.1. The summed E-state index contributed by atoms with van der Waals surface area (Å²) in [5, 5.41) is 0. The number of hydrogen-bond acceptors (Lipinski definition) is 2. The number of aldehydes is 1. The molecule has 2 nitrogen and oxygen atoms in total. The Hall–Kier alpha value is -0.370. The Bertz CT molecular complexity index is 235. The SMILES string of the molecule is CC(C)(C=O)CN1CCCC12CCCC2. The van der Waals surface area contributed by atoms with Gasteiger partial charge in [-0.25, -0.2) is 0 Å². The van der Waals surface area contributed by atoms with Crippen LogP contribution in [0.2, 0.25) is 0 Å². The second-order valence-corrected chi connectivity index (χ2v) is 6.06. The topological polar surface area (TPSA) is 20.3 Å². The summed E-state index contributed by atoms with van der Waals surface area (Å²) in [6, 6.07) is 0. The molecule has 0 aromatic rings. The lowest BCUT2D eigenvalue weighted by Gasteiger charge is -2.38. The molecule has 0 radical (unpaired) electrons. The van der Waals surface area contributed by atoms with Crippen LogP contribution < -0.4 is 0 Å². The minimum Gasteiger partial charge on any atom is -0.303 e. The third-order valence-electron chi connectivity index (χ3n) is 4.19. The van der Waals surface area contributed by atoms with E-state index in [1.54, 1.807) is 0 Å². The Kier molecular flexibility index (Phi) is 2.89. The van der Waals surface area contributed by atoms with Crippen LogP contribution in [0.3, 0.4) is 0 Å². The molecule has 2 rings (SSSR count). The van der Waals surface area contributed by atoms with Crippen molar-refractivity contribution < 1.29 is 4.79 Å². The molecule has 86 valence electrons. The smallest absolute Gasteiger partial charge is 0.126 e. The molecule has 0 atom stereocenters. The second-order valence-electron chi connectivity index (χ2n) is 6.06. The van der Waals surface area contributed by atoms with Crippen LogP contribution >= 0.6 is 0 Å². The summed E-state index contributed by atoms with van der Waals surface area (Å²) >= 11 is 0. The minimum absolute atomic E-state index is 0.167. The highest BCUT2D eigenvalue weighted by Crippen LogP contribution is 2.43. The first kappa shape index (κ1) is 11.1. The van der Waals surface area contributed by atoms with Crippen LogP contribution in [0.1, 0.15) is 52.4 Å². The monoisotopic (exact) mass is 209 g/mol. The molecule has 0 bridgehead atoms. The highest BCUT2D eigenvalue weighted by Gasteiger charge is 2.44. The van der Waals surface area contributed by atoms with Crippen molar-refractivity contribution in [1.82, 2.24) is 4.90 Å². The first-order valence-corrected chi connectivity index (χ1v) is 6.29. The van der Waals surface area contributed by atoms with E-state index < -0.39 is 0 Å². The molecule has 15 heavy (non-hydrogen) atoms. The summed E-state index contributed by atoms with van der Waals surface area (Å²) < 4.78 is 0. The van der Waals surface area contributed by atoms with Gasteiger partial charge >= 0.3 is 0 Å². The summed E-state index contributed by atoms with van der Waals surface area (Å²) in [7, 11) is 0. The van der Waals surface area contributed by atoms with E-state index in [1.165, 1.54) is 45.1 Å². The van der Waals surface area contributed by atoms with Crippen molar-refractivity contribution >= 4 is 6.29 Å². The van der Waals surface area contributed by atoms with Gasteiger partial charge in [-0.15, -0.1) is 0 Å². The van der Waals surface area contributed by atoms with Gasteiger partial charge in [-0.2, -0.15) is 0 Å². The maximum atomic E-state index is 11.0. The number of carbonyl (C=O) groups is 1. The average molecular weight is 209 g/mol. The molecule has 2 fully saturated rings. The van der Waals surface area contributed by atoms with Crippen molar-refractivity contribution in [2.75, 3.05) is 13.1 Å². The lowest BCUT2D eigenvalue weighted by atomic mass is 9.89. The van der Waals surface area contributed by atoms with Crippen molar-refractivity contribution in [2.45, 2.75) is 57.9 Å². The van der Waals surface area contributed by atoms with Crippen molar-refractivity contribution in [3.05, 3.63) is 0 Å². The van der Waals surface area contributed by atoms with E-state index in [2.05, 4.69) is 18.7 Å². The molecular formula is C13H23NO. The maximum Gasteiger partial charge on any atom is 0.126 e. The molecule has 0 N–H and O–H groups in total. The lowest BCUT2D eigenvalue weighted by molar-refractivity contribution is -0.116. The Morgan fingerprint density at radius 3 is 2.40 bits per heavy atom. The van der Waals surface area contributed by atoms with Gasteiger partial charge in [-0.3, -0.25) is 4.90 Å². The fourth-order valence-electron chi connectivity index (χ4n) is 3.37. The Labute approximate surface area is 93.0 Å². The summed E-state index contributed by atoms with van der Waals surface area (Å²) in [5.74, 6) is 0. The van der Waals surface area contributed by atoms with E-state index in [0.29, 0.717) is 5.54 Å². The highest BCUT2D eigenvalue weighted by atomic mass is 16.1. The van der Waals surface area contributed by atoms with Crippen LogP contribution in [0.15, 0.2) is 0 Å². The van der Waals surface area contributed by atoms with E-state index in [-0.39, 0.29) is 5.41 Å². The van der Waals surface area contributed by atoms with Crippen LogP contribution in [0.5, 0.6) is 0 Å². The summed E-state index contributed by atoms with van der Waals surface area (Å²) in [6.07, 6.45) is 9.31. The van der Waals surface area contributed by atoms with Gasteiger partial charge in [-0.1, -0.05) is 26.7 Å². The van der Waals surface area contributed by atoms with E-state index in [0.717, 1.165) is 12.8 Å². The number of likely N-dealkylation sites (tertiary alicyclic amines) is 1. The molecule has 0 aromatic carbocycles. The molecular weight excluding hydrogens is 186 g/mol. The second kappa shape index (κ2) is 3.89. The van der Waals surface area contributed by atoms with Crippen LogP contribution in [0.4, 0.5) is 0 Å². The highest BCUT2D eigenvalue weighted by molar-refractivity contribution is 5.58. The van der Waals surface area contributed by atoms with Gasteiger partial charge in [0.15, 0.2) is 0 Å². The number of nitrogens with zero attached hydrogens (tertiary/aromatic N) is 1. The fraction of sp³-hybridized carbons (Fsp3) is 0.923. The predicted octanol–water partition coefficient (Wildman–Crippen LogP) is 2.62. The molecule has 2 heteroatoms. The van der Waals surface area contributed by atoms with E-state index >= 15 is 0 Å². The Morgan fingerprint density at radius 1 is 1.20 bits per heavy atom. The molecule has 1 saturated heterocycles. The zero-order chi connectivity index (χ0) is 10.9. The minimum atomic E-state index is -0.167. The Balaban J connectivity index is 2.05. The van der Waals surface area contributed by atoms with Gasteiger partial charge in [0.2, 0.25) is 0 Å². The Morgan fingerprint density at radius 2 is 1.80 bits per heavy atom. The predicted molar refractivity (Wildman–Crippen MR) is 61.9 cm³/mol. The molecule has 0 aromatic heterocycles. The van der Waals surface area contributed by atoms with Gasteiger partial charge in [0, 0.05) is 17.5 Å². The quantitative estimate of drug-likeness (QED) is 0.666. The van der Waals surface area contributed by atoms with Crippen molar-refractivity contribution in [1.29, 1.82) is 0 Å². The molecule has 1 spiro atoms. The number of rotatable bonds is 3. The van der Waals surface area contributed by atoms with Gasteiger partial charge in [0.25, 0.3) is 0 Å². The largest absolute Gasteiger partial charge is 0.303 e.